The molecule has 0 amide bonds. The van der Waals surface area contributed by atoms with Gasteiger partial charge in [0.05, 0.1) is 7.11 Å². The molecule has 1 atom stereocenters. The zero-order chi connectivity index (χ0) is 18.8. The van der Waals surface area contributed by atoms with Crippen molar-refractivity contribution in [3.05, 3.63) is 60.4 Å². The van der Waals surface area contributed by atoms with Gasteiger partial charge in [-0.3, -0.25) is 4.79 Å². The Morgan fingerprint density at radius 2 is 1.88 bits per heavy atom. The second-order valence-electron chi connectivity index (χ2n) is 5.59. The number of nitrogens with zero attached hydrogens (tertiary/aromatic N) is 2. The number of benzene rings is 1. The number of aliphatic imine (C=N–C) groups is 1. The van der Waals surface area contributed by atoms with E-state index in [9.17, 15) is 4.79 Å². The van der Waals surface area contributed by atoms with E-state index in [1.165, 1.54) is 0 Å². The molecule has 1 aromatic carbocycles. The molecule has 0 bridgehead atoms. The summed E-state index contributed by atoms with van der Waals surface area (Å²) >= 11 is 5.49. The number of carbonyl (C=O) groups excluding carboxylic acids is 1. The van der Waals surface area contributed by atoms with Gasteiger partial charge in [0, 0.05) is 37.5 Å². The van der Waals surface area contributed by atoms with E-state index >= 15 is 0 Å². The van der Waals surface area contributed by atoms with Crippen molar-refractivity contribution in [2.75, 3.05) is 26.9 Å². The highest BCUT2D eigenvalue weighted by Crippen LogP contribution is 2.16. The minimum atomic E-state index is -0.647. The van der Waals surface area contributed by atoms with Crippen LogP contribution < -0.4 is 9.30 Å². The molecule has 0 saturated carbocycles. The van der Waals surface area contributed by atoms with E-state index in [4.69, 9.17) is 22.1 Å². The summed E-state index contributed by atoms with van der Waals surface area (Å²) in [5.41, 5.74) is 0.569. The number of carbonyl (C=O) groups is 1. The van der Waals surface area contributed by atoms with Crippen LogP contribution in [0.4, 0.5) is 0 Å². The van der Waals surface area contributed by atoms with Crippen molar-refractivity contribution in [1.29, 1.82) is 0 Å². The summed E-state index contributed by atoms with van der Waals surface area (Å²) in [6.45, 7) is 3.82. The Hall–Kier alpha value is -2.31. The lowest BCUT2D eigenvalue weighted by Crippen LogP contribution is -2.47. The number of rotatable bonds is 10. The molecule has 6 heteroatoms. The topological polar surface area (TPSA) is 51.8 Å². The summed E-state index contributed by atoms with van der Waals surface area (Å²) < 4.78 is 12.3. The van der Waals surface area contributed by atoms with Crippen molar-refractivity contribution in [2.45, 2.75) is 19.4 Å². The van der Waals surface area contributed by atoms with Gasteiger partial charge in [-0.1, -0.05) is 6.07 Å². The summed E-state index contributed by atoms with van der Waals surface area (Å²) in [6.07, 6.45) is 4.43. The summed E-state index contributed by atoms with van der Waals surface area (Å²) in [7, 11) is 1.59. The zero-order valence-corrected chi connectivity index (χ0v) is 15.9. The van der Waals surface area contributed by atoms with Gasteiger partial charge in [0.2, 0.25) is 11.8 Å². The molecule has 1 heterocycles. The maximum absolute atomic E-state index is 13.1. The van der Waals surface area contributed by atoms with Crippen LogP contribution in [0.3, 0.4) is 0 Å². The summed E-state index contributed by atoms with van der Waals surface area (Å²) in [4.78, 5) is 17.5. The Balaban J connectivity index is 2.23. The second kappa shape index (κ2) is 10.6. The van der Waals surface area contributed by atoms with Crippen LogP contribution in [0.5, 0.6) is 5.75 Å². The largest absolute Gasteiger partial charge is 0.758 e. The maximum atomic E-state index is 13.1. The number of hydrogen-bond donors (Lipinski definition) is 0. The molecule has 26 heavy (non-hydrogen) atoms. The third-order valence-electron chi connectivity index (χ3n) is 3.81. The number of ether oxygens (including phenoxy) is 2. The fourth-order valence-electron chi connectivity index (χ4n) is 2.46. The highest BCUT2D eigenvalue weighted by Gasteiger charge is 2.27. The number of hydrogen-bond acceptors (Lipinski definition) is 5. The standard InChI is InChI=1S/C20H24N2O3S/c1-3-25-15-7-12-21-20(26)18(22-13-5-4-6-14-22)19(23)16-8-10-17(24-2)11-9-16/h4-6,8-11,13-14,18H,3,7,12,15H2,1-2H3. The lowest BCUT2D eigenvalue weighted by molar-refractivity contribution is -0.691. The molecule has 5 nitrogen and oxygen atoms in total. The molecule has 0 fully saturated rings. The lowest BCUT2D eigenvalue weighted by atomic mass is 10.0. The summed E-state index contributed by atoms with van der Waals surface area (Å²) in [5, 5.41) is 0.374. The Bertz CT molecular complexity index is 718. The monoisotopic (exact) mass is 372 g/mol. The Morgan fingerprint density at radius 3 is 2.50 bits per heavy atom. The minimum Gasteiger partial charge on any atom is -0.758 e. The van der Waals surface area contributed by atoms with Crippen LogP contribution in [0.25, 0.3) is 0 Å². The minimum absolute atomic E-state index is 0.0950. The smallest absolute Gasteiger partial charge is 0.237 e. The van der Waals surface area contributed by atoms with E-state index < -0.39 is 6.04 Å². The fourth-order valence-corrected chi connectivity index (χ4v) is 2.78. The Morgan fingerprint density at radius 1 is 1.19 bits per heavy atom. The third kappa shape index (κ3) is 5.61. The van der Waals surface area contributed by atoms with Crippen LogP contribution in [0.15, 0.2) is 59.9 Å². The van der Waals surface area contributed by atoms with Crippen LogP contribution in [0, 0.1) is 0 Å². The fraction of sp³-hybridized carbons (Fsp3) is 0.350. The zero-order valence-electron chi connectivity index (χ0n) is 15.1. The van der Waals surface area contributed by atoms with Gasteiger partial charge < -0.3 is 27.1 Å². The molecule has 0 spiro atoms. The molecule has 2 rings (SSSR count). The summed E-state index contributed by atoms with van der Waals surface area (Å²) in [5.74, 6) is 0.607. The van der Waals surface area contributed by atoms with Gasteiger partial charge in [0.15, 0.2) is 12.4 Å². The first-order valence-electron chi connectivity index (χ1n) is 8.60. The maximum Gasteiger partial charge on any atom is 0.237 e. The van der Waals surface area contributed by atoms with E-state index in [1.807, 2.05) is 37.5 Å². The molecule has 1 aromatic heterocycles. The van der Waals surface area contributed by atoms with Crippen molar-refractivity contribution in [3.63, 3.8) is 0 Å². The highest BCUT2D eigenvalue weighted by molar-refractivity contribution is 7.77. The average Bonchev–Trinajstić information content (AvgIpc) is 2.69. The van der Waals surface area contributed by atoms with E-state index in [0.29, 0.717) is 36.1 Å². The van der Waals surface area contributed by atoms with Gasteiger partial charge in [-0.15, -0.1) is 0 Å². The first kappa shape index (κ1) is 20.0. The van der Waals surface area contributed by atoms with Gasteiger partial charge in [-0.05, 0) is 42.7 Å². The van der Waals surface area contributed by atoms with Crippen molar-refractivity contribution in [3.8, 4) is 5.75 Å². The third-order valence-corrected chi connectivity index (χ3v) is 4.16. The van der Waals surface area contributed by atoms with Crippen molar-refractivity contribution in [1.82, 2.24) is 0 Å². The van der Waals surface area contributed by atoms with Crippen LogP contribution in [-0.4, -0.2) is 37.7 Å². The molecule has 1 unspecified atom stereocenters. The van der Waals surface area contributed by atoms with E-state index in [1.54, 1.807) is 35.9 Å². The highest BCUT2D eigenvalue weighted by atomic mass is 32.1. The van der Waals surface area contributed by atoms with Gasteiger partial charge in [-0.2, -0.15) is 4.57 Å². The molecule has 2 aromatic rings. The van der Waals surface area contributed by atoms with Gasteiger partial charge in [0.25, 0.3) is 0 Å². The predicted molar refractivity (Wildman–Crippen MR) is 104 cm³/mol. The summed E-state index contributed by atoms with van der Waals surface area (Å²) in [6, 6.07) is 12.0. The normalized spacial score (nSPS) is 12.6. The lowest BCUT2D eigenvalue weighted by Gasteiger charge is -2.18. The van der Waals surface area contributed by atoms with Crippen LogP contribution in [0.2, 0.25) is 0 Å². The molecule has 138 valence electrons. The molecular formula is C20H24N2O3S. The SMILES string of the molecule is CCOCCCN=C([S-])C(C(=O)c1ccc(OC)cc1)[n+]1ccccc1. The molecule has 0 aliphatic heterocycles. The number of aromatic nitrogens is 1. The van der Waals surface area contributed by atoms with Gasteiger partial charge in [0.1, 0.15) is 5.75 Å². The van der Waals surface area contributed by atoms with E-state index in [0.717, 1.165) is 6.42 Å². The Kier molecular flexibility index (Phi) is 8.18. The molecule has 0 aliphatic rings. The molecule has 0 N–H and O–H groups in total. The van der Waals surface area contributed by atoms with Crippen molar-refractivity contribution < 1.29 is 18.8 Å². The van der Waals surface area contributed by atoms with Crippen molar-refractivity contribution >= 4 is 23.5 Å². The molecule has 0 saturated heterocycles. The van der Waals surface area contributed by atoms with Crippen LogP contribution in [0.1, 0.15) is 29.7 Å². The number of pyridine rings is 1. The van der Waals surface area contributed by atoms with Gasteiger partial charge in [-0.25, -0.2) is 0 Å². The first-order chi connectivity index (χ1) is 12.7. The number of ketones is 1. The number of Topliss-reactive ketones (excluding diaryl/α,β-unsaturated/α-hetero) is 1. The second-order valence-corrected chi connectivity index (χ2v) is 6.01. The Labute approximate surface area is 160 Å². The molecular weight excluding hydrogens is 348 g/mol. The van der Waals surface area contributed by atoms with E-state index in [2.05, 4.69) is 4.99 Å². The van der Waals surface area contributed by atoms with Crippen LogP contribution >= 0.6 is 0 Å². The average molecular weight is 372 g/mol. The predicted octanol–water partition coefficient (Wildman–Crippen LogP) is 2.78. The van der Waals surface area contributed by atoms with Crippen molar-refractivity contribution in [2.24, 2.45) is 4.99 Å². The molecule has 0 radical (unpaired) electrons. The quantitative estimate of drug-likeness (QED) is 0.161. The van der Waals surface area contributed by atoms with Gasteiger partial charge >= 0.3 is 0 Å². The number of methoxy groups -OCH3 is 1. The van der Waals surface area contributed by atoms with E-state index in [-0.39, 0.29) is 5.78 Å². The molecule has 0 aliphatic carbocycles. The van der Waals surface area contributed by atoms with Crippen LogP contribution in [-0.2, 0) is 17.4 Å². The first-order valence-corrected chi connectivity index (χ1v) is 9.01.